The average Bonchev–Trinajstić information content (AvgIpc) is 3.15. The third-order valence-corrected chi connectivity index (χ3v) is 4.97. The molecule has 7 nitrogen and oxygen atoms in total. The molecule has 1 aliphatic heterocycles. The lowest BCUT2D eigenvalue weighted by molar-refractivity contribution is -0.117. The normalized spacial score (nSPS) is 15.5. The third-order valence-electron chi connectivity index (χ3n) is 4.41. The number of amides is 1. The molecule has 1 unspecified atom stereocenters. The highest BCUT2D eigenvalue weighted by Gasteiger charge is 2.28. The van der Waals surface area contributed by atoms with E-state index < -0.39 is 0 Å². The van der Waals surface area contributed by atoms with Crippen LogP contribution in [0.1, 0.15) is 29.2 Å². The Morgan fingerprint density at radius 3 is 2.79 bits per heavy atom. The molecule has 0 spiro atoms. The van der Waals surface area contributed by atoms with Gasteiger partial charge in [0.15, 0.2) is 5.75 Å². The van der Waals surface area contributed by atoms with E-state index in [1.54, 1.807) is 28.9 Å². The lowest BCUT2D eigenvalue weighted by Crippen LogP contribution is -2.29. The summed E-state index contributed by atoms with van der Waals surface area (Å²) >= 11 is 12.8. The van der Waals surface area contributed by atoms with E-state index in [1.165, 1.54) is 6.33 Å². The van der Waals surface area contributed by atoms with Gasteiger partial charge in [0.2, 0.25) is 11.9 Å². The second-order valence-corrected chi connectivity index (χ2v) is 6.98. The van der Waals surface area contributed by atoms with Gasteiger partial charge in [-0.25, -0.2) is 4.68 Å². The maximum atomic E-state index is 12.0. The van der Waals surface area contributed by atoms with Gasteiger partial charge in [-0.3, -0.25) is 10.1 Å². The van der Waals surface area contributed by atoms with Crippen LogP contribution in [0.5, 0.6) is 5.75 Å². The number of benzene rings is 2. The molecule has 2 heterocycles. The summed E-state index contributed by atoms with van der Waals surface area (Å²) in [5.41, 5.74) is 1.98. The number of anilines is 1. The lowest BCUT2D eigenvalue weighted by atomic mass is 10.0. The molecular weight excluding hydrogens is 401 g/mol. The van der Waals surface area contributed by atoms with Crippen LogP contribution in [-0.4, -0.2) is 20.7 Å². The van der Waals surface area contributed by atoms with Crippen molar-refractivity contribution >= 4 is 35.1 Å². The van der Waals surface area contributed by atoms with Gasteiger partial charge in [-0.2, -0.15) is 15.3 Å². The molecule has 0 radical (unpaired) electrons. The lowest BCUT2D eigenvalue weighted by Gasteiger charge is -2.24. The molecule has 0 bridgehead atoms. The smallest absolute Gasteiger partial charge is 0.229 e. The largest absolute Gasteiger partial charge is 0.486 e. The van der Waals surface area contributed by atoms with Crippen molar-refractivity contribution in [1.29, 1.82) is 5.26 Å². The predicted molar refractivity (Wildman–Crippen MR) is 103 cm³/mol. The SMILES string of the molecule is N#Cc1ccccc1COc1c(Cl)cc(C2CC(=O)Nc3ncnn32)cc1Cl. The first kappa shape index (κ1) is 18.3. The summed E-state index contributed by atoms with van der Waals surface area (Å²) in [6.45, 7) is 0.154. The molecular formula is C19H13Cl2N5O2. The fourth-order valence-corrected chi connectivity index (χ4v) is 3.69. The Labute approximate surface area is 170 Å². The summed E-state index contributed by atoms with van der Waals surface area (Å²) in [6, 6.07) is 12.3. The molecule has 1 N–H and O–H groups in total. The molecule has 0 saturated heterocycles. The highest BCUT2D eigenvalue weighted by molar-refractivity contribution is 6.37. The number of rotatable bonds is 4. The monoisotopic (exact) mass is 413 g/mol. The number of carbonyl (C=O) groups is 1. The highest BCUT2D eigenvalue weighted by atomic mass is 35.5. The van der Waals surface area contributed by atoms with Crippen molar-refractivity contribution in [3.05, 3.63) is 69.5 Å². The average molecular weight is 414 g/mol. The van der Waals surface area contributed by atoms with Crippen LogP contribution in [0.15, 0.2) is 42.7 Å². The standard InChI is InChI=1S/C19H13Cl2N5O2/c20-14-5-13(16-7-17(27)25-19-23-10-24-26(16)19)6-15(21)18(14)28-9-12-4-2-1-3-11(12)8-22/h1-6,10,16H,7,9H2,(H,23,24,25,27). The van der Waals surface area contributed by atoms with E-state index in [0.29, 0.717) is 27.3 Å². The maximum Gasteiger partial charge on any atom is 0.229 e. The summed E-state index contributed by atoms with van der Waals surface area (Å²) in [4.78, 5) is 16.0. The third kappa shape index (κ3) is 3.40. The van der Waals surface area contributed by atoms with Crippen molar-refractivity contribution in [3.63, 3.8) is 0 Å². The Kier molecular flexibility index (Phi) is 4.90. The van der Waals surface area contributed by atoms with Crippen molar-refractivity contribution in [2.24, 2.45) is 0 Å². The molecule has 140 valence electrons. The van der Waals surface area contributed by atoms with Crippen molar-refractivity contribution in [1.82, 2.24) is 14.8 Å². The van der Waals surface area contributed by atoms with E-state index in [4.69, 9.17) is 27.9 Å². The zero-order valence-corrected chi connectivity index (χ0v) is 15.9. The van der Waals surface area contributed by atoms with Crippen LogP contribution in [0.4, 0.5) is 5.95 Å². The Balaban J connectivity index is 1.61. The molecule has 0 saturated carbocycles. The van der Waals surface area contributed by atoms with Gasteiger partial charge in [-0.15, -0.1) is 0 Å². The number of hydrogen-bond donors (Lipinski definition) is 1. The number of fused-ring (bicyclic) bond motifs is 1. The van der Waals surface area contributed by atoms with E-state index in [0.717, 1.165) is 11.1 Å². The first-order chi connectivity index (χ1) is 13.6. The van der Waals surface area contributed by atoms with Crippen molar-refractivity contribution in [2.75, 3.05) is 5.32 Å². The van der Waals surface area contributed by atoms with Gasteiger partial charge in [-0.05, 0) is 23.8 Å². The summed E-state index contributed by atoms with van der Waals surface area (Å²) in [5, 5.41) is 16.6. The fourth-order valence-electron chi connectivity index (χ4n) is 3.08. The number of aromatic nitrogens is 3. The van der Waals surface area contributed by atoms with E-state index in [1.807, 2.05) is 12.1 Å². The molecule has 1 atom stereocenters. The van der Waals surface area contributed by atoms with E-state index in [-0.39, 0.29) is 25.0 Å². The second-order valence-electron chi connectivity index (χ2n) is 6.17. The van der Waals surface area contributed by atoms with Crippen LogP contribution in [0.3, 0.4) is 0 Å². The molecule has 9 heteroatoms. The Hall–Kier alpha value is -3.08. The number of hydrogen-bond acceptors (Lipinski definition) is 5. The Morgan fingerprint density at radius 2 is 2.04 bits per heavy atom. The molecule has 2 aromatic carbocycles. The maximum absolute atomic E-state index is 12.0. The molecule has 0 aliphatic carbocycles. The molecule has 1 amide bonds. The van der Waals surface area contributed by atoms with Gasteiger partial charge in [-0.1, -0.05) is 41.4 Å². The van der Waals surface area contributed by atoms with Gasteiger partial charge in [0.1, 0.15) is 12.9 Å². The first-order valence-electron chi connectivity index (χ1n) is 8.36. The molecule has 3 aromatic rings. The minimum absolute atomic E-state index is 0.154. The minimum atomic E-state index is -0.366. The van der Waals surface area contributed by atoms with Gasteiger partial charge >= 0.3 is 0 Å². The number of nitriles is 1. The van der Waals surface area contributed by atoms with Crippen molar-refractivity contribution < 1.29 is 9.53 Å². The molecule has 0 fully saturated rings. The highest BCUT2D eigenvalue weighted by Crippen LogP contribution is 2.39. The van der Waals surface area contributed by atoms with Crippen molar-refractivity contribution in [3.8, 4) is 11.8 Å². The summed E-state index contributed by atoms with van der Waals surface area (Å²) < 4.78 is 7.40. The number of nitrogens with one attached hydrogen (secondary N) is 1. The van der Waals surface area contributed by atoms with Crippen LogP contribution in [0, 0.1) is 11.3 Å². The summed E-state index contributed by atoms with van der Waals surface area (Å²) in [6.07, 6.45) is 1.57. The van der Waals surface area contributed by atoms with Crippen LogP contribution in [0.2, 0.25) is 10.0 Å². The van der Waals surface area contributed by atoms with E-state index in [2.05, 4.69) is 21.5 Å². The van der Waals surface area contributed by atoms with Crippen LogP contribution >= 0.6 is 23.2 Å². The topological polar surface area (TPSA) is 92.8 Å². The zero-order valence-electron chi connectivity index (χ0n) is 14.4. The fraction of sp³-hybridized carbons (Fsp3) is 0.158. The predicted octanol–water partition coefficient (Wildman–Crippen LogP) is 3.97. The van der Waals surface area contributed by atoms with Gasteiger partial charge < -0.3 is 4.74 Å². The second kappa shape index (κ2) is 7.50. The summed E-state index contributed by atoms with van der Waals surface area (Å²) in [5.74, 6) is 0.534. The van der Waals surface area contributed by atoms with Gasteiger partial charge in [0.05, 0.1) is 34.1 Å². The molecule has 28 heavy (non-hydrogen) atoms. The van der Waals surface area contributed by atoms with Gasteiger partial charge in [0.25, 0.3) is 0 Å². The minimum Gasteiger partial charge on any atom is -0.486 e. The number of halogens is 2. The number of nitrogens with zero attached hydrogens (tertiary/aromatic N) is 4. The molecule has 1 aromatic heterocycles. The quantitative estimate of drug-likeness (QED) is 0.698. The van der Waals surface area contributed by atoms with Crippen LogP contribution in [0.25, 0.3) is 0 Å². The first-order valence-corrected chi connectivity index (χ1v) is 9.11. The summed E-state index contributed by atoms with van der Waals surface area (Å²) in [7, 11) is 0. The zero-order chi connectivity index (χ0) is 19.7. The Morgan fingerprint density at radius 1 is 1.29 bits per heavy atom. The van der Waals surface area contributed by atoms with Crippen LogP contribution in [-0.2, 0) is 11.4 Å². The number of carbonyl (C=O) groups excluding carboxylic acids is 1. The van der Waals surface area contributed by atoms with Crippen LogP contribution < -0.4 is 10.1 Å². The van der Waals surface area contributed by atoms with Crippen molar-refractivity contribution in [2.45, 2.75) is 19.1 Å². The number of ether oxygens (including phenoxy) is 1. The molecule has 1 aliphatic rings. The molecule has 4 rings (SSSR count). The van der Waals surface area contributed by atoms with Gasteiger partial charge in [0, 0.05) is 5.56 Å². The van der Waals surface area contributed by atoms with E-state index in [9.17, 15) is 10.1 Å². The Bertz CT molecular complexity index is 1080. The van der Waals surface area contributed by atoms with E-state index >= 15 is 0 Å².